The highest BCUT2D eigenvalue weighted by Crippen LogP contribution is 2.24. The van der Waals surface area contributed by atoms with Gasteiger partial charge in [-0.05, 0) is 30.4 Å². The number of methoxy groups -OCH3 is 1. The van der Waals surface area contributed by atoms with Crippen molar-refractivity contribution >= 4 is 24.3 Å². The molecule has 2 rings (SSSR count). The molecule has 1 aliphatic heterocycles. The van der Waals surface area contributed by atoms with Crippen molar-refractivity contribution in [1.82, 2.24) is 4.90 Å². The summed E-state index contributed by atoms with van der Waals surface area (Å²) in [5.41, 5.74) is 1.09. The minimum atomic E-state index is -0.808. The van der Waals surface area contributed by atoms with Crippen LogP contribution in [0.1, 0.15) is 25.3 Å². The fourth-order valence-corrected chi connectivity index (χ4v) is 2.93. The highest BCUT2D eigenvalue weighted by atomic mass is 35.5. The monoisotopic (exact) mass is 341 g/mol. The zero-order chi connectivity index (χ0) is 16.1. The van der Waals surface area contributed by atoms with Crippen LogP contribution >= 0.6 is 12.4 Å². The number of carbonyl (C=O) groups excluding carboxylic acids is 1. The smallest absolute Gasteiger partial charge is 0.308 e. The third-order valence-corrected chi connectivity index (χ3v) is 4.17. The quantitative estimate of drug-likeness (QED) is 0.863. The van der Waals surface area contributed by atoms with Crippen LogP contribution in [-0.4, -0.2) is 42.1 Å². The summed E-state index contributed by atoms with van der Waals surface area (Å²) in [6.45, 7) is 2.93. The van der Waals surface area contributed by atoms with Crippen LogP contribution in [0, 0.1) is 11.8 Å². The summed E-state index contributed by atoms with van der Waals surface area (Å²) in [7, 11) is 1.64. The third-order valence-electron chi connectivity index (χ3n) is 4.17. The molecule has 1 aromatic carbocycles. The van der Waals surface area contributed by atoms with Crippen LogP contribution in [0.15, 0.2) is 24.3 Å². The van der Waals surface area contributed by atoms with Crippen molar-refractivity contribution in [1.29, 1.82) is 0 Å². The second-order valence-electron chi connectivity index (χ2n) is 5.99. The second kappa shape index (κ2) is 8.77. The van der Waals surface area contributed by atoms with Crippen molar-refractivity contribution in [3.8, 4) is 5.75 Å². The Bertz CT molecular complexity index is 549. The molecule has 0 aliphatic carbocycles. The van der Waals surface area contributed by atoms with Gasteiger partial charge in [0, 0.05) is 19.5 Å². The highest BCUT2D eigenvalue weighted by molar-refractivity contribution is 5.85. The Kier molecular flexibility index (Phi) is 7.36. The van der Waals surface area contributed by atoms with Gasteiger partial charge in [-0.3, -0.25) is 9.59 Å². The third kappa shape index (κ3) is 5.13. The van der Waals surface area contributed by atoms with Gasteiger partial charge in [-0.1, -0.05) is 25.1 Å². The number of ether oxygens (including phenoxy) is 1. The summed E-state index contributed by atoms with van der Waals surface area (Å²) in [6, 6.07) is 7.82. The number of rotatable bonds is 6. The molecule has 1 heterocycles. The minimum Gasteiger partial charge on any atom is -0.496 e. The van der Waals surface area contributed by atoms with E-state index in [1.165, 1.54) is 0 Å². The van der Waals surface area contributed by atoms with E-state index in [1.54, 1.807) is 12.0 Å². The fourth-order valence-electron chi connectivity index (χ4n) is 2.93. The predicted molar refractivity (Wildman–Crippen MR) is 90.0 cm³/mol. The lowest BCUT2D eigenvalue weighted by molar-refractivity contribution is -0.141. The highest BCUT2D eigenvalue weighted by Gasteiger charge is 2.31. The molecule has 1 aromatic rings. The molecule has 1 amide bonds. The van der Waals surface area contributed by atoms with Crippen LogP contribution in [0.4, 0.5) is 0 Å². The van der Waals surface area contributed by atoms with Crippen LogP contribution < -0.4 is 4.74 Å². The zero-order valence-electron chi connectivity index (χ0n) is 13.5. The lowest BCUT2D eigenvalue weighted by atomic mass is 9.97. The molecule has 6 heteroatoms. The van der Waals surface area contributed by atoms with Crippen LogP contribution in [0.3, 0.4) is 0 Å². The Hall–Kier alpha value is -1.75. The van der Waals surface area contributed by atoms with Crippen molar-refractivity contribution < 1.29 is 19.4 Å². The van der Waals surface area contributed by atoms with Crippen LogP contribution in [-0.2, 0) is 16.0 Å². The normalized spacial score (nSPS) is 18.2. The van der Waals surface area contributed by atoms with Gasteiger partial charge in [0.2, 0.25) is 5.91 Å². The van der Waals surface area contributed by atoms with E-state index in [0.717, 1.165) is 17.7 Å². The molecule has 0 radical (unpaired) electrons. The first-order valence-corrected chi connectivity index (χ1v) is 7.63. The van der Waals surface area contributed by atoms with E-state index >= 15 is 0 Å². The number of hydrogen-bond donors (Lipinski definition) is 1. The van der Waals surface area contributed by atoms with Gasteiger partial charge < -0.3 is 14.7 Å². The van der Waals surface area contributed by atoms with Crippen LogP contribution in [0.5, 0.6) is 5.75 Å². The fraction of sp³-hybridized carbons (Fsp3) is 0.529. The number of likely N-dealkylation sites (tertiary alicyclic amines) is 1. The van der Waals surface area contributed by atoms with Crippen molar-refractivity contribution in [2.75, 3.05) is 20.2 Å². The molecule has 1 saturated heterocycles. The number of nitrogens with zero attached hydrogens (tertiary/aromatic N) is 1. The van der Waals surface area contributed by atoms with E-state index in [4.69, 9.17) is 9.84 Å². The Morgan fingerprint density at radius 2 is 2.09 bits per heavy atom. The number of carbonyl (C=O) groups is 2. The van der Waals surface area contributed by atoms with Crippen molar-refractivity contribution in [3.63, 3.8) is 0 Å². The molecule has 0 bridgehead atoms. The summed E-state index contributed by atoms with van der Waals surface area (Å²) in [5.74, 6) is -0.140. The number of hydrogen-bond acceptors (Lipinski definition) is 3. The first-order chi connectivity index (χ1) is 10.5. The number of aliphatic carboxylic acids is 1. The summed E-state index contributed by atoms with van der Waals surface area (Å²) >= 11 is 0. The minimum absolute atomic E-state index is 0. The lowest BCUT2D eigenvalue weighted by Gasteiger charge is -2.19. The Balaban J connectivity index is 0.00000264. The van der Waals surface area contributed by atoms with Gasteiger partial charge in [0.05, 0.1) is 13.0 Å². The summed E-state index contributed by atoms with van der Waals surface area (Å²) < 4.78 is 5.33. The van der Waals surface area contributed by atoms with E-state index in [1.807, 2.05) is 31.2 Å². The van der Waals surface area contributed by atoms with E-state index in [0.29, 0.717) is 25.9 Å². The molecule has 1 N–H and O–H groups in total. The average Bonchev–Trinajstić information content (AvgIpc) is 2.98. The Morgan fingerprint density at radius 1 is 1.39 bits per heavy atom. The van der Waals surface area contributed by atoms with Gasteiger partial charge >= 0.3 is 5.97 Å². The standard InChI is InChI=1S/C17H23NO4.ClH/c1-12(9-13-5-3-4-6-15(13)22-2)10-16(19)18-8-7-14(11-18)17(20)21;/h3-6,12,14H,7-11H2,1-2H3,(H,20,21);1H. The molecule has 2 unspecified atom stereocenters. The molecular formula is C17H24ClNO4. The maximum Gasteiger partial charge on any atom is 0.308 e. The van der Waals surface area contributed by atoms with Crippen LogP contribution in [0.25, 0.3) is 0 Å². The predicted octanol–water partition coefficient (Wildman–Crippen LogP) is 2.62. The van der Waals surface area contributed by atoms with Gasteiger partial charge in [-0.2, -0.15) is 0 Å². The molecule has 23 heavy (non-hydrogen) atoms. The van der Waals surface area contributed by atoms with Crippen molar-refractivity contribution in [2.45, 2.75) is 26.2 Å². The topological polar surface area (TPSA) is 66.8 Å². The molecule has 5 nitrogen and oxygen atoms in total. The second-order valence-corrected chi connectivity index (χ2v) is 5.99. The Labute approximate surface area is 143 Å². The number of benzene rings is 1. The van der Waals surface area contributed by atoms with Crippen molar-refractivity contribution in [2.24, 2.45) is 11.8 Å². The maximum atomic E-state index is 12.3. The largest absolute Gasteiger partial charge is 0.496 e. The molecule has 0 aromatic heterocycles. The molecule has 1 fully saturated rings. The molecule has 0 saturated carbocycles. The molecule has 0 spiro atoms. The van der Waals surface area contributed by atoms with Gasteiger partial charge in [0.1, 0.15) is 5.75 Å². The SMILES string of the molecule is COc1ccccc1CC(C)CC(=O)N1CCC(C(=O)O)C1.Cl. The van der Waals surface area contributed by atoms with Gasteiger partial charge in [0.25, 0.3) is 0 Å². The Morgan fingerprint density at radius 3 is 2.70 bits per heavy atom. The van der Waals surface area contributed by atoms with Gasteiger partial charge in [-0.15, -0.1) is 12.4 Å². The first kappa shape index (κ1) is 19.3. The molecule has 128 valence electrons. The van der Waals surface area contributed by atoms with Crippen molar-refractivity contribution in [3.05, 3.63) is 29.8 Å². The van der Waals surface area contributed by atoms with Crippen LogP contribution in [0.2, 0.25) is 0 Å². The van der Waals surface area contributed by atoms with Gasteiger partial charge in [0.15, 0.2) is 0 Å². The number of carboxylic acids is 1. The summed E-state index contributed by atoms with van der Waals surface area (Å²) in [5, 5.41) is 9.00. The van der Waals surface area contributed by atoms with Gasteiger partial charge in [-0.25, -0.2) is 0 Å². The molecular weight excluding hydrogens is 318 g/mol. The number of amides is 1. The number of para-hydroxylation sites is 1. The maximum absolute atomic E-state index is 12.3. The average molecular weight is 342 g/mol. The van der Waals surface area contributed by atoms with E-state index < -0.39 is 11.9 Å². The van der Waals surface area contributed by atoms with E-state index in [9.17, 15) is 9.59 Å². The summed E-state index contributed by atoms with van der Waals surface area (Å²) in [6.07, 6.45) is 1.76. The molecule has 1 aliphatic rings. The lowest BCUT2D eigenvalue weighted by Crippen LogP contribution is -2.31. The zero-order valence-corrected chi connectivity index (χ0v) is 14.3. The number of halogens is 1. The summed E-state index contributed by atoms with van der Waals surface area (Å²) in [4.78, 5) is 24.9. The molecule has 2 atom stereocenters. The number of carboxylic acid groups (broad SMARTS) is 1. The van der Waals surface area contributed by atoms with E-state index in [2.05, 4.69) is 0 Å². The van der Waals surface area contributed by atoms with E-state index in [-0.39, 0.29) is 24.2 Å². The first-order valence-electron chi connectivity index (χ1n) is 7.63.